The minimum atomic E-state index is -0.253. The molecule has 0 saturated carbocycles. The number of halogens is 1. The summed E-state index contributed by atoms with van der Waals surface area (Å²) in [4.78, 5) is 35.8. The number of fused-ring (bicyclic) bond motifs is 1. The summed E-state index contributed by atoms with van der Waals surface area (Å²) in [6.45, 7) is 2.14. The molecular formula is C17H15FN4O2S. The fraction of sp³-hybridized carbons (Fsp3) is 0.235. The molecule has 1 fully saturated rings. The molecular weight excluding hydrogens is 343 g/mol. The molecule has 0 bridgehead atoms. The predicted molar refractivity (Wildman–Crippen MR) is 94.8 cm³/mol. The maximum Gasteiger partial charge on any atom is 0.264 e. The van der Waals surface area contributed by atoms with Crippen LogP contribution in [-0.4, -0.2) is 47.0 Å². The number of hydrogen-bond donors (Lipinski definition) is 1. The molecule has 1 N–H and O–H groups in total. The summed E-state index contributed by atoms with van der Waals surface area (Å²) in [5, 5.41) is 0.431. The summed E-state index contributed by atoms with van der Waals surface area (Å²) < 4.78 is 13.9. The van der Waals surface area contributed by atoms with E-state index in [-0.39, 0.29) is 17.3 Å². The molecule has 25 heavy (non-hydrogen) atoms. The van der Waals surface area contributed by atoms with E-state index in [9.17, 15) is 14.0 Å². The molecule has 1 aromatic carbocycles. The summed E-state index contributed by atoms with van der Waals surface area (Å²) in [6.07, 6.45) is 1.34. The highest BCUT2D eigenvalue weighted by Gasteiger charge is 2.25. The minimum Gasteiger partial charge on any atom is -0.366 e. The Kier molecular flexibility index (Phi) is 3.96. The SMILES string of the molecule is O=C(c1cc2c(=O)[nH]cnc2s1)N1CCN(c2ccccc2F)CC1. The van der Waals surface area contributed by atoms with Gasteiger partial charge in [-0.1, -0.05) is 12.1 Å². The van der Waals surface area contributed by atoms with Gasteiger partial charge >= 0.3 is 0 Å². The highest BCUT2D eigenvalue weighted by Crippen LogP contribution is 2.24. The molecule has 2 aromatic heterocycles. The third-order valence-corrected chi connectivity index (χ3v) is 5.34. The predicted octanol–water partition coefficient (Wildman–Crippen LogP) is 2.09. The number of nitrogens with zero attached hydrogens (tertiary/aromatic N) is 3. The molecule has 0 spiro atoms. The van der Waals surface area contributed by atoms with Crippen LogP contribution in [0.15, 0.2) is 41.5 Å². The van der Waals surface area contributed by atoms with Gasteiger partial charge in [0, 0.05) is 26.2 Å². The molecule has 0 radical (unpaired) electrons. The smallest absolute Gasteiger partial charge is 0.264 e. The number of amides is 1. The molecule has 3 aromatic rings. The van der Waals surface area contributed by atoms with Gasteiger partial charge in [0.25, 0.3) is 11.5 Å². The molecule has 1 amide bonds. The highest BCUT2D eigenvalue weighted by atomic mass is 32.1. The number of piperazine rings is 1. The number of nitrogens with one attached hydrogen (secondary N) is 1. The van der Waals surface area contributed by atoms with Crippen molar-refractivity contribution in [1.82, 2.24) is 14.9 Å². The maximum absolute atomic E-state index is 13.9. The van der Waals surface area contributed by atoms with Gasteiger partial charge in [0.15, 0.2) is 0 Å². The van der Waals surface area contributed by atoms with E-state index in [1.165, 1.54) is 23.7 Å². The fourth-order valence-corrected chi connectivity index (χ4v) is 3.96. The first-order valence-electron chi connectivity index (χ1n) is 7.89. The Bertz CT molecular complexity index is 991. The maximum atomic E-state index is 13.9. The van der Waals surface area contributed by atoms with E-state index in [1.54, 1.807) is 29.2 Å². The van der Waals surface area contributed by atoms with Gasteiger partial charge in [0.1, 0.15) is 10.6 Å². The van der Waals surface area contributed by atoms with E-state index < -0.39 is 0 Å². The Labute approximate surface area is 146 Å². The van der Waals surface area contributed by atoms with Crippen molar-refractivity contribution in [2.75, 3.05) is 31.1 Å². The van der Waals surface area contributed by atoms with Crippen molar-refractivity contribution in [3.8, 4) is 0 Å². The molecule has 4 rings (SSSR count). The summed E-state index contributed by atoms with van der Waals surface area (Å²) in [5.41, 5.74) is 0.317. The largest absolute Gasteiger partial charge is 0.366 e. The van der Waals surface area contributed by atoms with E-state index in [1.807, 2.05) is 4.90 Å². The Balaban J connectivity index is 1.50. The Morgan fingerprint density at radius 2 is 1.96 bits per heavy atom. The Morgan fingerprint density at radius 3 is 2.68 bits per heavy atom. The van der Waals surface area contributed by atoms with Gasteiger partial charge in [-0.15, -0.1) is 11.3 Å². The number of carbonyl (C=O) groups is 1. The van der Waals surface area contributed by atoms with E-state index >= 15 is 0 Å². The lowest BCUT2D eigenvalue weighted by molar-refractivity contribution is 0.0751. The molecule has 128 valence electrons. The van der Waals surface area contributed by atoms with Crippen molar-refractivity contribution in [3.05, 3.63) is 57.7 Å². The number of H-pyrrole nitrogens is 1. The third-order valence-electron chi connectivity index (χ3n) is 4.31. The highest BCUT2D eigenvalue weighted by molar-refractivity contribution is 7.20. The van der Waals surface area contributed by atoms with Crippen LogP contribution < -0.4 is 10.5 Å². The van der Waals surface area contributed by atoms with Gasteiger partial charge in [-0.25, -0.2) is 9.37 Å². The number of carbonyl (C=O) groups excluding carboxylic acids is 1. The lowest BCUT2D eigenvalue weighted by atomic mass is 10.2. The zero-order valence-corrected chi connectivity index (χ0v) is 14.1. The third kappa shape index (κ3) is 2.89. The molecule has 3 heterocycles. The normalized spacial score (nSPS) is 14.9. The molecule has 8 heteroatoms. The molecule has 0 atom stereocenters. The molecule has 1 saturated heterocycles. The first kappa shape index (κ1) is 15.8. The average Bonchev–Trinajstić information content (AvgIpc) is 3.07. The van der Waals surface area contributed by atoms with E-state index in [0.717, 1.165) is 0 Å². The number of rotatable bonds is 2. The van der Waals surface area contributed by atoms with E-state index in [4.69, 9.17) is 0 Å². The van der Waals surface area contributed by atoms with Crippen LogP contribution in [0.1, 0.15) is 9.67 Å². The van der Waals surface area contributed by atoms with Gasteiger partial charge in [-0.3, -0.25) is 9.59 Å². The van der Waals surface area contributed by atoms with E-state index in [0.29, 0.717) is 47.0 Å². The standard InChI is InChI=1S/C17H15FN4O2S/c18-12-3-1-2-4-13(12)21-5-7-22(8-6-21)17(24)14-9-11-15(23)19-10-20-16(11)25-14/h1-4,9-10H,5-8H2,(H,19,20,23). The monoisotopic (exact) mass is 358 g/mol. The van der Waals surface area contributed by atoms with Crippen LogP contribution in [-0.2, 0) is 0 Å². The summed E-state index contributed by atoms with van der Waals surface area (Å²) >= 11 is 1.22. The molecule has 0 unspecified atom stereocenters. The van der Waals surface area contributed by atoms with Gasteiger partial charge in [-0.2, -0.15) is 0 Å². The minimum absolute atomic E-state index is 0.115. The topological polar surface area (TPSA) is 69.3 Å². The van der Waals surface area contributed by atoms with Gasteiger partial charge < -0.3 is 14.8 Å². The second-order valence-corrected chi connectivity index (χ2v) is 6.82. The average molecular weight is 358 g/mol. The van der Waals surface area contributed by atoms with Crippen LogP contribution >= 0.6 is 11.3 Å². The van der Waals surface area contributed by atoms with E-state index in [2.05, 4.69) is 9.97 Å². The van der Waals surface area contributed by atoms with Crippen molar-refractivity contribution in [2.45, 2.75) is 0 Å². The quantitative estimate of drug-likeness (QED) is 0.762. The molecule has 0 aliphatic carbocycles. The molecule has 1 aliphatic heterocycles. The summed E-state index contributed by atoms with van der Waals surface area (Å²) in [5.74, 6) is -0.368. The Hall–Kier alpha value is -2.74. The number of aromatic nitrogens is 2. The zero-order chi connectivity index (χ0) is 17.4. The zero-order valence-electron chi connectivity index (χ0n) is 13.2. The molecule has 6 nitrogen and oxygen atoms in total. The van der Waals surface area contributed by atoms with Gasteiger partial charge in [0.2, 0.25) is 0 Å². The lowest BCUT2D eigenvalue weighted by Gasteiger charge is -2.36. The van der Waals surface area contributed by atoms with Gasteiger partial charge in [0.05, 0.1) is 22.3 Å². The van der Waals surface area contributed by atoms with Crippen molar-refractivity contribution >= 4 is 33.1 Å². The van der Waals surface area contributed by atoms with Crippen molar-refractivity contribution in [1.29, 1.82) is 0 Å². The summed E-state index contributed by atoms with van der Waals surface area (Å²) in [6, 6.07) is 8.25. The second-order valence-electron chi connectivity index (χ2n) is 5.79. The number of hydrogen-bond acceptors (Lipinski definition) is 5. The Morgan fingerprint density at radius 1 is 1.20 bits per heavy atom. The van der Waals surface area contributed by atoms with Crippen molar-refractivity contribution < 1.29 is 9.18 Å². The molecule has 1 aliphatic rings. The van der Waals surface area contributed by atoms with Crippen LogP contribution in [0, 0.1) is 5.82 Å². The first-order chi connectivity index (χ1) is 12.1. The first-order valence-corrected chi connectivity index (χ1v) is 8.71. The van der Waals surface area contributed by atoms with Crippen LogP contribution in [0.4, 0.5) is 10.1 Å². The van der Waals surface area contributed by atoms with Crippen molar-refractivity contribution in [2.24, 2.45) is 0 Å². The van der Waals surface area contributed by atoms with Crippen LogP contribution in [0.5, 0.6) is 0 Å². The fourth-order valence-electron chi connectivity index (χ4n) is 2.99. The number of aromatic amines is 1. The number of para-hydroxylation sites is 1. The summed E-state index contributed by atoms with van der Waals surface area (Å²) in [7, 11) is 0. The van der Waals surface area contributed by atoms with Crippen molar-refractivity contribution in [3.63, 3.8) is 0 Å². The van der Waals surface area contributed by atoms with Crippen LogP contribution in [0.3, 0.4) is 0 Å². The number of benzene rings is 1. The second kappa shape index (κ2) is 6.29. The van der Waals surface area contributed by atoms with Crippen LogP contribution in [0.2, 0.25) is 0 Å². The van der Waals surface area contributed by atoms with Crippen LogP contribution in [0.25, 0.3) is 10.2 Å². The van der Waals surface area contributed by atoms with Gasteiger partial charge in [-0.05, 0) is 18.2 Å². The lowest BCUT2D eigenvalue weighted by Crippen LogP contribution is -2.48. The number of anilines is 1. The number of thiophene rings is 1.